The summed E-state index contributed by atoms with van der Waals surface area (Å²) in [6.45, 7) is 2.41. The van der Waals surface area contributed by atoms with Crippen LogP contribution in [-0.4, -0.2) is 17.4 Å². The Kier molecular flexibility index (Phi) is 3.92. The van der Waals surface area contributed by atoms with Gasteiger partial charge in [0, 0.05) is 35.5 Å². The number of alkyl halides is 2. The number of nitrogens with one attached hydrogen (secondary N) is 2. The zero-order chi connectivity index (χ0) is 15.7. The van der Waals surface area contributed by atoms with Crippen molar-refractivity contribution in [2.75, 3.05) is 11.9 Å². The molecule has 1 amide bonds. The molecule has 4 nitrogen and oxygen atoms in total. The monoisotopic (exact) mass is 323 g/mol. The van der Waals surface area contributed by atoms with Gasteiger partial charge in [0.2, 0.25) is 0 Å². The SMILES string of the molecule is CC(F)(F)c1cncc(NC(=O)c2csc3c2CCNC3)c1. The second kappa shape index (κ2) is 5.73. The number of thiophene rings is 1. The predicted molar refractivity (Wildman–Crippen MR) is 81.5 cm³/mol. The maximum absolute atomic E-state index is 13.3. The number of carbonyl (C=O) groups is 1. The van der Waals surface area contributed by atoms with Crippen molar-refractivity contribution >= 4 is 22.9 Å². The van der Waals surface area contributed by atoms with Crippen molar-refractivity contribution in [3.63, 3.8) is 0 Å². The fraction of sp³-hybridized carbons (Fsp3) is 0.333. The van der Waals surface area contributed by atoms with Gasteiger partial charge in [-0.2, -0.15) is 0 Å². The van der Waals surface area contributed by atoms with E-state index in [1.54, 1.807) is 0 Å². The zero-order valence-electron chi connectivity index (χ0n) is 12.0. The van der Waals surface area contributed by atoms with E-state index in [1.807, 2.05) is 5.38 Å². The highest BCUT2D eigenvalue weighted by Crippen LogP contribution is 2.29. The largest absolute Gasteiger partial charge is 0.321 e. The lowest BCUT2D eigenvalue weighted by atomic mass is 10.0. The second-order valence-electron chi connectivity index (χ2n) is 5.28. The molecular weight excluding hydrogens is 308 g/mol. The van der Waals surface area contributed by atoms with Crippen LogP contribution in [-0.2, 0) is 18.9 Å². The Morgan fingerprint density at radius 2 is 2.27 bits per heavy atom. The number of anilines is 1. The van der Waals surface area contributed by atoms with Crippen LogP contribution in [0.1, 0.15) is 33.3 Å². The van der Waals surface area contributed by atoms with Gasteiger partial charge in [0.25, 0.3) is 11.8 Å². The quantitative estimate of drug-likeness (QED) is 0.912. The van der Waals surface area contributed by atoms with Gasteiger partial charge in [-0.25, -0.2) is 8.78 Å². The average Bonchev–Trinajstić information content (AvgIpc) is 2.90. The van der Waals surface area contributed by atoms with E-state index in [-0.39, 0.29) is 17.2 Å². The topological polar surface area (TPSA) is 54.0 Å². The van der Waals surface area contributed by atoms with Crippen molar-refractivity contribution in [2.45, 2.75) is 25.8 Å². The number of carbonyl (C=O) groups excluding carboxylic acids is 1. The molecule has 116 valence electrons. The smallest absolute Gasteiger partial charge is 0.272 e. The number of amides is 1. The third-order valence-corrected chi connectivity index (χ3v) is 4.59. The third-order valence-electron chi connectivity index (χ3n) is 3.57. The molecule has 0 bridgehead atoms. The first-order valence-corrected chi connectivity index (χ1v) is 7.78. The fourth-order valence-electron chi connectivity index (χ4n) is 2.40. The van der Waals surface area contributed by atoms with E-state index < -0.39 is 5.92 Å². The molecule has 2 aromatic rings. The summed E-state index contributed by atoms with van der Waals surface area (Å²) in [6, 6.07) is 1.26. The highest BCUT2D eigenvalue weighted by atomic mass is 32.1. The van der Waals surface area contributed by atoms with Crippen LogP contribution in [0.3, 0.4) is 0 Å². The highest BCUT2D eigenvalue weighted by Gasteiger charge is 2.25. The van der Waals surface area contributed by atoms with Gasteiger partial charge in [-0.3, -0.25) is 9.78 Å². The van der Waals surface area contributed by atoms with E-state index in [0.29, 0.717) is 5.56 Å². The summed E-state index contributed by atoms with van der Waals surface area (Å²) in [6.07, 6.45) is 3.27. The lowest BCUT2D eigenvalue weighted by molar-refractivity contribution is 0.0171. The lowest BCUT2D eigenvalue weighted by Crippen LogP contribution is -2.24. The van der Waals surface area contributed by atoms with Crippen molar-refractivity contribution in [2.24, 2.45) is 0 Å². The van der Waals surface area contributed by atoms with Gasteiger partial charge in [0.05, 0.1) is 17.4 Å². The summed E-state index contributed by atoms with van der Waals surface area (Å²) in [5, 5.41) is 7.73. The summed E-state index contributed by atoms with van der Waals surface area (Å²) in [4.78, 5) is 17.3. The molecule has 2 N–H and O–H groups in total. The van der Waals surface area contributed by atoms with Crippen molar-refractivity contribution in [3.8, 4) is 0 Å². The Hall–Kier alpha value is -1.86. The van der Waals surface area contributed by atoms with Crippen LogP contribution in [0, 0.1) is 0 Å². The summed E-state index contributed by atoms with van der Waals surface area (Å²) in [7, 11) is 0. The Labute approximate surface area is 130 Å². The van der Waals surface area contributed by atoms with Crippen LogP contribution in [0.25, 0.3) is 0 Å². The van der Waals surface area contributed by atoms with Crippen molar-refractivity contribution in [3.05, 3.63) is 45.4 Å². The third kappa shape index (κ3) is 3.00. The van der Waals surface area contributed by atoms with Crippen LogP contribution in [0.5, 0.6) is 0 Å². The molecule has 0 radical (unpaired) electrons. The molecule has 0 fully saturated rings. The molecule has 1 aliphatic heterocycles. The molecule has 0 unspecified atom stereocenters. The maximum atomic E-state index is 13.3. The first-order chi connectivity index (χ1) is 10.4. The summed E-state index contributed by atoms with van der Waals surface area (Å²) < 4.78 is 26.6. The van der Waals surface area contributed by atoms with E-state index in [4.69, 9.17) is 0 Å². The van der Waals surface area contributed by atoms with E-state index >= 15 is 0 Å². The number of hydrogen-bond donors (Lipinski definition) is 2. The van der Waals surface area contributed by atoms with E-state index in [2.05, 4.69) is 15.6 Å². The molecular formula is C15H15F2N3OS. The number of rotatable bonds is 3. The number of fused-ring (bicyclic) bond motifs is 1. The van der Waals surface area contributed by atoms with Gasteiger partial charge >= 0.3 is 0 Å². The Bertz CT molecular complexity index is 709. The molecule has 22 heavy (non-hydrogen) atoms. The molecule has 3 rings (SSSR count). The molecule has 2 aromatic heterocycles. The minimum absolute atomic E-state index is 0.221. The Balaban J connectivity index is 1.82. The molecule has 3 heterocycles. The molecule has 0 atom stereocenters. The normalized spacial score (nSPS) is 14.5. The molecule has 0 saturated carbocycles. The fourth-order valence-corrected chi connectivity index (χ4v) is 3.45. The molecule has 0 saturated heterocycles. The second-order valence-corrected chi connectivity index (χ2v) is 6.25. The first-order valence-electron chi connectivity index (χ1n) is 6.90. The Morgan fingerprint density at radius 3 is 3.05 bits per heavy atom. The maximum Gasteiger partial charge on any atom is 0.272 e. The van der Waals surface area contributed by atoms with Crippen molar-refractivity contribution < 1.29 is 13.6 Å². The van der Waals surface area contributed by atoms with E-state index in [1.165, 1.54) is 23.6 Å². The number of halogens is 2. The highest BCUT2D eigenvalue weighted by molar-refractivity contribution is 7.10. The molecule has 1 aliphatic rings. The minimum Gasteiger partial charge on any atom is -0.321 e. The Morgan fingerprint density at radius 1 is 1.45 bits per heavy atom. The van der Waals surface area contributed by atoms with Gasteiger partial charge in [-0.05, 0) is 24.6 Å². The van der Waals surface area contributed by atoms with Crippen LogP contribution < -0.4 is 10.6 Å². The number of pyridine rings is 1. The lowest BCUT2D eigenvalue weighted by Gasteiger charge is -2.15. The number of nitrogens with zero attached hydrogens (tertiary/aromatic N) is 1. The van der Waals surface area contributed by atoms with Gasteiger partial charge in [0.15, 0.2) is 0 Å². The van der Waals surface area contributed by atoms with Crippen LogP contribution in [0.15, 0.2) is 23.8 Å². The van der Waals surface area contributed by atoms with Gasteiger partial charge in [0.1, 0.15) is 0 Å². The predicted octanol–water partition coefficient (Wildman–Crippen LogP) is 3.15. The van der Waals surface area contributed by atoms with Gasteiger partial charge < -0.3 is 10.6 Å². The van der Waals surface area contributed by atoms with E-state index in [0.717, 1.165) is 43.1 Å². The minimum atomic E-state index is -2.99. The van der Waals surface area contributed by atoms with E-state index in [9.17, 15) is 13.6 Å². The summed E-state index contributed by atoms with van der Waals surface area (Å²) in [5.41, 5.74) is 1.72. The van der Waals surface area contributed by atoms with Crippen molar-refractivity contribution in [1.29, 1.82) is 0 Å². The molecule has 0 aliphatic carbocycles. The molecule has 0 aromatic carbocycles. The molecule has 7 heteroatoms. The number of hydrogen-bond acceptors (Lipinski definition) is 4. The van der Waals surface area contributed by atoms with Gasteiger partial charge in [-0.15, -0.1) is 11.3 Å². The number of aromatic nitrogens is 1. The molecule has 0 spiro atoms. The summed E-state index contributed by atoms with van der Waals surface area (Å²) in [5.74, 6) is -3.27. The van der Waals surface area contributed by atoms with Gasteiger partial charge in [-0.1, -0.05) is 0 Å². The summed E-state index contributed by atoms with van der Waals surface area (Å²) >= 11 is 1.54. The standard InChI is InChI=1S/C15H15F2N3OS/c1-15(16,17)9-4-10(6-19-5-9)20-14(21)12-8-22-13-7-18-3-2-11(12)13/h4-6,8,18H,2-3,7H2,1H3,(H,20,21). The average molecular weight is 323 g/mol. The van der Waals surface area contributed by atoms with Crippen molar-refractivity contribution in [1.82, 2.24) is 10.3 Å². The van der Waals surface area contributed by atoms with Crippen LogP contribution in [0.2, 0.25) is 0 Å². The van der Waals surface area contributed by atoms with Crippen LogP contribution >= 0.6 is 11.3 Å². The first kappa shape index (κ1) is 15.1. The zero-order valence-corrected chi connectivity index (χ0v) is 12.8. The van der Waals surface area contributed by atoms with Crippen LogP contribution in [0.4, 0.5) is 14.5 Å².